The molecule has 0 aliphatic heterocycles. The molecule has 0 spiro atoms. The monoisotopic (exact) mass is 248 g/mol. The summed E-state index contributed by atoms with van der Waals surface area (Å²) in [6, 6.07) is 5.23. The van der Waals surface area contributed by atoms with E-state index in [4.69, 9.17) is 4.74 Å². The average molecular weight is 248 g/mol. The molecule has 0 amide bonds. The molecule has 0 aliphatic rings. The number of hydrogen-bond donors (Lipinski definition) is 0. The Hall–Kier alpha value is -1.64. The minimum atomic E-state index is -0.383. The summed E-state index contributed by atoms with van der Waals surface area (Å²) in [7, 11) is 0. The van der Waals surface area contributed by atoms with Crippen LogP contribution < -0.4 is 0 Å². The molecule has 1 aromatic rings. The van der Waals surface area contributed by atoms with E-state index >= 15 is 0 Å². The van der Waals surface area contributed by atoms with Gasteiger partial charge in [-0.05, 0) is 43.0 Å². The minimum Gasteiger partial charge on any atom is -0.462 e. The summed E-state index contributed by atoms with van der Waals surface area (Å²) in [5, 5.41) is 0. The van der Waals surface area contributed by atoms with Gasteiger partial charge in [0, 0.05) is 5.56 Å². The van der Waals surface area contributed by atoms with Crippen molar-refractivity contribution in [2.75, 3.05) is 6.61 Å². The molecule has 0 saturated carbocycles. The van der Waals surface area contributed by atoms with Crippen molar-refractivity contribution in [2.45, 2.75) is 40.0 Å². The van der Waals surface area contributed by atoms with Crippen molar-refractivity contribution in [3.8, 4) is 0 Å². The number of carbonyl (C=O) groups excluding carboxylic acids is 2. The first-order valence-electron chi connectivity index (χ1n) is 6.09. The fourth-order valence-corrected chi connectivity index (χ4v) is 1.60. The van der Waals surface area contributed by atoms with Gasteiger partial charge in [-0.25, -0.2) is 4.79 Å². The molecule has 3 heteroatoms. The van der Waals surface area contributed by atoms with Gasteiger partial charge in [-0.15, -0.1) is 0 Å². The molecular weight excluding hydrogens is 228 g/mol. The van der Waals surface area contributed by atoms with Gasteiger partial charge in [-0.3, -0.25) is 4.79 Å². The van der Waals surface area contributed by atoms with Crippen molar-refractivity contribution in [2.24, 2.45) is 0 Å². The van der Waals surface area contributed by atoms with Crippen molar-refractivity contribution in [3.05, 3.63) is 34.9 Å². The number of hydrogen-bond acceptors (Lipinski definition) is 3. The molecule has 0 atom stereocenters. The molecule has 0 fully saturated rings. The number of benzene rings is 1. The molecule has 1 rings (SSSR count). The molecule has 0 saturated heterocycles. The zero-order valence-electron chi connectivity index (χ0n) is 11.7. The number of carbonyl (C=O) groups is 2. The van der Waals surface area contributed by atoms with Crippen LogP contribution in [0, 0.1) is 0 Å². The first kappa shape index (κ1) is 14.4. The van der Waals surface area contributed by atoms with E-state index in [-0.39, 0.29) is 17.2 Å². The highest BCUT2D eigenvalue weighted by Gasteiger charge is 2.19. The molecule has 0 aliphatic carbocycles. The van der Waals surface area contributed by atoms with Gasteiger partial charge < -0.3 is 4.74 Å². The van der Waals surface area contributed by atoms with E-state index in [2.05, 4.69) is 0 Å². The lowest BCUT2D eigenvalue weighted by molar-refractivity contribution is 0.0526. The smallest absolute Gasteiger partial charge is 0.338 e. The Morgan fingerprint density at radius 1 is 1.11 bits per heavy atom. The van der Waals surface area contributed by atoms with E-state index < -0.39 is 0 Å². The summed E-state index contributed by atoms with van der Waals surface area (Å²) in [5.41, 5.74) is 1.82. The van der Waals surface area contributed by atoms with Gasteiger partial charge in [0.1, 0.15) is 0 Å². The lowest BCUT2D eigenvalue weighted by atomic mass is 9.84. The standard InChI is InChI=1S/C15H20O3/c1-6-18-14(17)12-7-11(10(2)16)8-13(9-12)15(3,4)5/h7-9H,6H2,1-5H3. The summed E-state index contributed by atoms with van der Waals surface area (Å²) >= 11 is 0. The highest BCUT2D eigenvalue weighted by molar-refractivity contribution is 5.98. The van der Waals surface area contributed by atoms with Crippen LogP contribution in [0.5, 0.6) is 0 Å². The number of esters is 1. The topological polar surface area (TPSA) is 43.4 Å². The minimum absolute atomic E-state index is 0.0494. The Balaban J connectivity index is 3.31. The number of ketones is 1. The average Bonchev–Trinajstić information content (AvgIpc) is 2.27. The van der Waals surface area contributed by atoms with Crippen molar-refractivity contribution in [1.29, 1.82) is 0 Å². The Kier molecular flexibility index (Phi) is 4.28. The van der Waals surface area contributed by atoms with Crippen LogP contribution in [0.15, 0.2) is 18.2 Å². The van der Waals surface area contributed by atoms with Crippen LogP contribution >= 0.6 is 0 Å². The Labute approximate surface area is 108 Å². The van der Waals surface area contributed by atoms with Gasteiger partial charge in [0.15, 0.2) is 5.78 Å². The van der Waals surface area contributed by atoms with Crippen LogP contribution in [-0.2, 0) is 10.2 Å². The summed E-state index contributed by atoms with van der Waals surface area (Å²) in [6.07, 6.45) is 0. The maximum atomic E-state index is 11.8. The summed E-state index contributed by atoms with van der Waals surface area (Å²) in [6.45, 7) is 9.71. The summed E-state index contributed by atoms with van der Waals surface area (Å²) in [4.78, 5) is 23.3. The van der Waals surface area contributed by atoms with Crippen LogP contribution in [-0.4, -0.2) is 18.4 Å². The predicted molar refractivity (Wildman–Crippen MR) is 71.1 cm³/mol. The third-order valence-corrected chi connectivity index (χ3v) is 2.72. The van der Waals surface area contributed by atoms with E-state index in [1.54, 1.807) is 19.1 Å². The van der Waals surface area contributed by atoms with Crippen LogP contribution in [0.1, 0.15) is 60.9 Å². The van der Waals surface area contributed by atoms with Gasteiger partial charge in [0.05, 0.1) is 12.2 Å². The Bertz CT molecular complexity index is 467. The normalized spacial score (nSPS) is 11.2. The highest BCUT2D eigenvalue weighted by atomic mass is 16.5. The molecule has 0 radical (unpaired) electrons. The van der Waals surface area contributed by atoms with E-state index in [0.717, 1.165) is 5.56 Å². The van der Waals surface area contributed by atoms with Crippen LogP contribution in [0.4, 0.5) is 0 Å². The zero-order chi connectivity index (χ0) is 13.9. The third kappa shape index (κ3) is 3.42. The molecule has 18 heavy (non-hydrogen) atoms. The van der Waals surface area contributed by atoms with E-state index in [1.165, 1.54) is 6.92 Å². The van der Waals surface area contributed by atoms with Crippen molar-refractivity contribution in [1.82, 2.24) is 0 Å². The van der Waals surface area contributed by atoms with E-state index in [1.807, 2.05) is 26.8 Å². The zero-order valence-corrected chi connectivity index (χ0v) is 11.7. The maximum absolute atomic E-state index is 11.8. The van der Waals surface area contributed by atoms with Crippen molar-refractivity contribution >= 4 is 11.8 Å². The number of Topliss-reactive ketones (excluding diaryl/α,β-unsaturated/α-hetero) is 1. The van der Waals surface area contributed by atoms with Gasteiger partial charge in [0.25, 0.3) is 0 Å². The maximum Gasteiger partial charge on any atom is 0.338 e. The fraction of sp³-hybridized carbons (Fsp3) is 0.467. The largest absolute Gasteiger partial charge is 0.462 e. The molecule has 0 heterocycles. The molecule has 0 aromatic heterocycles. The molecule has 3 nitrogen and oxygen atoms in total. The molecule has 1 aromatic carbocycles. The van der Waals surface area contributed by atoms with Crippen molar-refractivity contribution in [3.63, 3.8) is 0 Å². The molecular formula is C15H20O3. The lowest BCUT2D eigenvalue weighted by Crippen LogP contribution is -2.15. The SMILES string of the molecule is CCOC(=O)c1cc(C(C)=O)cc(C(C)(C)C)c1. The van der Waals surface area contributed by atoms with E-state index in [9.17, 15) is 9.59 Å². The number of ether oxygens (including phenoxy) is 1. The summed E-state index contributed by atoms with van der Waals surface area (Å²) < 4.78 is 4.98. The second-order valence-corrected chi connectivity index (χ2v) is 5.33. The van der Waals surface area contributed by atoms with Gasteiger partial charge in [0.2, 0.25) is 0 Å². The second kappa shape index (κ2) is 5.34. The Morgan fingerprint density at radius 3 is 2.11 bits per heavy atom. The molecule has 0 bridgehead atoms. The van der Waals surface area contributed by atoms with Gasteiger partial charge in [-0.1, -0.05) is 20.8 Å². The quantitative estimate of drug-likeness (QED) is 0.608. The van der Waals surface area contributed by atoms with Crippen molar-refractivity contribution < 1.29 is 14.3 Å². The fourth-order valence-electron chi connectivity index (χ4n) is 1.60. The van der Waals surface area contributed by atoms with Crippen LogP contribution in [0.2, 0.25) is 0 Å². The molecule has 98 valence electrons. The molecule has 0 N–H and O–H groups in total. The highest BCUT2D eigenvalue weighted by Crippen LogP contribution is 2.25. The van der Waals surface area contributed by atoms with Gasteiger partial charge >= 0.3 is 5.97 Å². The lowest BCUT2D eigenvalue weighted by Gasteiger charge is -2.20. The third-order valence-electron chi connectivity index (χ3n) is 2.72. The summed E-state index contributed by atoms with van der Waals surface area (Å²) in [5.74, 6) is -0.433. The van der Waals surface area contributed by atoms with Gasteiger partial charge in [-0.2, -0.15) is 0 Å². The second-order valence-electron chi connectivity index (χ2n) is 5.33. The Morgan fingerprint density at radius 2 is 1.67 bits per heavy atom. The molecule has 0 unspecified atom stereocenters. The first-order chi connectivity index (χ1) is 8.25. The number of rotatable bonds is 3. The first-order valence-corrected chi connectivity index (χ1v) is 6.09. The predicted octanol–water partition coefficient (Wildman–Crippen LogP) is 3.36. The van der Waals surface area contributed by atoms with E-state index in [0.29, 0.717) is 17.7 Å². The van der Waals surface area contributed by atoms with Crippen LogP contribution in [0.3, 0.4) is 0 Å². The van der Waals surface area contributed by atoms with Crippen LogP contribution in [0.25, 0.3) is 0 Å².